The molecule has 0 aliphatic rings. The highest BCUT2D eigenvalue weighted by atomic mass is 16.3. The van der Waals surface area contributed by atoms with Crippen molar-refractivity contribution in [3.05, 3.63) is 78.2 Å². The van der Waals surface area contributed by atoms with E-state index in [0.29, 0.717) is 18.3 Å². The summed E-state index contributed by atoms with van der Waals surface area (Å²) in [5, 5.41) is 4.39. The van der Waals surface area contributed by atoms with E-state index < -0.39 is 0 Å². The number of nitrogen functional groups attached to an aromatic ring is 1. The molecule has 0 bridgehead atoms. The van der Waals surface area contributed by atoms with Crippen LogP contribution in [0.3, 0.4) is 0 Å². The van der Waals surface area contributed by atoms with E-state index in [2.05, 4.69) is 17.0 Å². The van der Waals surface area contributed by atoms with Crippen molar-refractivity contribution in [3.8, 4) is 22.7 Å². The number of nitrogens with zero attached hydrogens (tertiary/aromatic N) is 3. The van der Waals surface area contributed by atoms with Crippen molar-refractivity contribution >= 4 is 5.82 Å². The molecule has 124 valence electrons. The lowest BCUT2D eigenvalue weighted by molar-refractivity contribution is 0.570. The van der Waals surface area contributed by atoms with Crippen LogP contribution in [0.4, 0.5) is 5.82 Å². The molecular weight excluding hydrogens is 312 g/mol. The molecule has 4 rings (SSSR count). The maximum Gasteiger partial charge on any atom is 0.226 e. The highest BCUT2D eigenvalue weighted by Crippen LogP contribution is 2.24. The van der Waals surface area contributed by atoms with E-state index in [1.807, 2.05) is 65.3 Å². The quantitative estimate of drug-likeness (QED) is 0.610. The second-order valence-corrected chi connectivity index (χ2v) is 5.99. The monoisotopic (exact) mass is 330 g/mol. The first-order valence-corrected chi connectivity index (χ1v) is 8.09. The van der Waals surface area contributed by atoms with Crippen LogP contribution in [-0.4, -0.2) is 14.8 Å². The van der Waals surface area contributed by atoms with Gasteiger partial charge in [-0.2, -0.15) is 5.10 Å². The second-order valence-electron chi connectivity index (χ2n) is 5.99. The molecule has 0 saturated heterocycles. The zero-order valence-electron chi connectivity index (χ0n) is 13.9. The Kier molecular flexibility index (Phi) is 3.82. The van der Waals surface area contributed by atoms with Gasteiger partial charge >= 0.3 is 0 Å². The summed E-state index contributed by atoms with van der Waals surface area (Å²) in [6, 6.07) is 20.0. The number of rotatable bonds is 4. The van der Waals surface area contributed by atoms with Gasteiger partial charge in [-0.25, -0.2) is 4.98 Å². The Bertz CT molecular complexity index is 984. The van der Waals surface area contributed by atoms with E-state index in [9.17, 15) is 0 Å². The zero-order valence-corrected chi connectivity index (χ0v) is 13.9. The minimum absolute atomic E-state index is 0.487. The van der Waals surface area contributed by atoms with Crippen molar-refractivity contribution in [2.75, 3.05) is 5.73 Å². The molecule has 25 heavy (non-hydrogen) atoms. The molecule has 2 aromatic heterocycles. The first-order chi connectivity index (χ1) is 12.2. The summed E-state index contributed by atoms with van der Waals surface area (Å²) in [5.41, 5.74) is 10.9. The van der Waals surface area contributed by atoms with Gasteiger partial charge in [0.1, 0.15) is 17.8 Å². The molecule has 4 aromatic rings. The third kappa shape index (κ3) is 3.17. The fourth-order valence-electron chi connectivity index (χ4n) is 2.76. The third-order valence-electron chi connectivity index (χ3n) is 4.03. The van der Waals surface area contributed by atoms with E-state index in [1.165, 1.54) is 5.56 Å². The Hall–Kier alpha value is -3.34. The number of anilines is 1. The number of aromatic nitrogens is 3. The Balaban J connectivity index is 1.62. The third-order valence-corrected chi connectivity index (χ3v) is 4.03. The van der Waals surface area contributed by atoms with Gasteiger partial charge in [-0.1, -0.05) is 48.0 Å². The minimum atomic E-state index is 0.487. The minimum Gasteiger partial charge on any atom is -0.444 e. The molecule has 0 radical (unpaired) electrons. The molecule has 0 spiro atoms. The number of hydrogen-bond donors (Lipinski definition) is 1. The Labute approximate surface area is 145 Å². The van der Waals surface area contributed by atoms with Crippen LogP contribution in [0.1, 0.15) is 11.3 Å². The molecule has 0 aliphatic carbocycles. The largest absolute Gasteiger partial charge is 0.444 e. The molecule has 0 saturated carbocycles. The predicted octanol–water partition coefficient (Wildman–Crippen LogP) is 4.14. The van der Waals surface area contributed by atoms with E-state index in [1.54, 1.807) is 6.26 Å². The van der Waals surface area contributed by atoms with E-state index in [4.69, 9.17) is 10.2 Å². The molecule has 0 unspecified atom stereocenters. The van der Waals surface area contributed by atoms with Crippen LogP contribution >= 0.6 is 0 Å². The van der Waals surface area contributed by atoms with Crippen molar-refractivity contribution in [2.24, 2.45) is 0 Å². The Morgan fingerprint density at radius 1 is 1.00 bits per heavy atom. The summed E-state index contributed by atoms with van der Waals surface area (Å²) >= 11 is 0. The van der Waals surface area contributed by atoms with Crippen LogP contribution in [-0.2, 0) is 6.54 Å². The van der Waals surface area contributed by atoms with Gasteiger partial charge in [-0.3, -0.25) is 4.68 Å². The smallest absolute Gasteiger partial charge is 0.226 e. The fraction of sp³-hybridized carbons (Fsp3) is 0.100. The summed E-state index contributed by atoms with van der Waals surface area (Å²) in [6.07, 6.45) is 1.67. The van der Waals surface area contributed by atoms with Crippen LogP contribution < -0.4 is 5.73 Å². The van der Waals surface area contributed by atoms with Crippen molar-refractivity contribution < 1.29 is 4.42 Å². The van der Waals surface area contributed by atoms with E-state index in [-0.39, 0.29) is 0 Å². The molecule has 2 N–H and O–H groups in total. The molecule has 0 fully saturated rings. The number of hydrogen-bond acceptors (Lipinski definition) is 4. The van der Waals surface area contributed by atoms with Gasteiger partial charge < -0.3 is 10.2 Å². The average Bonchev–Trinajstić information content (AvgIpc) is 3.23. The van der Waals surface area contributed by atoms with Crippen molar-refractivity contribution in [2.45, 2.75) is 13.5 Å². The number of aryl methyl sites for hydroxylation is 1. The second kappa shape index (κ2) is 6.28. The Morgan fingerprint density at radius 2 is 1.76 bits per heavy atom. The van der Waals surface area contributed by atoms with E-state index >= 15 is 0 Å². The molecular formula is C20H18N4O. The van der Waals surface area contributed by atoms with Crippen LogP contribution in [0.15, 0.2) is 71.3 Å². The highest BCUT2D eigenvalue weighted by molar-refractivity contribution is 5.62. The molecule has 5 heteroatoms. The molecule has 0 atom stereocenters. The van der Waals surface area contributed by atoms with Crippen molar-refractivity contribution in [3.63, 3.8) is 0 Å². The number of nitrogens with two attached hydrogens (primary N) is 1. The fourth-order valence-corrected chi connectivity index (χ4v) is 2.76. The van der Waals surface area contributed by atoms with Gasteiger partial charge in [0.15, 0.2) is 0 Å². The normalized spacial score (nSPS) is 10.9. The first kappa shape index (κ1) is 15.2. The molecule has 0 amide bonds. The zero-order chi connectivity index (χ0) is 17.2. The average molecular weight is 330 g/mol. The van der Waals surface area contributed by atoms with Crippen LogP contribution in [0, 0.1) is 6.92 Å². The predicted molar refractivity (Wildman–Crippen MR) is 97.9 cm³/mol. The SMILES string of the molecule is Cc1ccc(-c2nc(Cn3nc(N)cc3-c3ccccc3)co2)cc1. The first-order valence-electron chi connectivity index (χ1n) is 8.09. The van der Waals surface area contributed by atoms with Gasteiger partial charge in [0.2, 0.25) is 5.89 Å². The van der Waals surface area contributed by atoms with Crippen LogP contribution in [0.2, 0.25) is 0 Å². The summed E-state index contributed by atoms with van der Waals surface area (Å²) < 4.78 is 7.48. The lowest BCUT2D eigenvalue weighted by Crippen LogP contribution is -2.04. The Morgan fingerprint density at radius 3 is 2.52 bits per heavy atom. The van der Waals surface area contributed by atoms with E-state index in [0.717, 1.165) is 22.5 Å². The van der Waals surface area contributed by atoms with Gasteiger partial charge in [-0.05, 0) is 24.6 Å². The lowest BCUT2D eigenvalue weighted by atomic mass is 10.1. The summed E-state index contributed by atoms with van der Waals surface area (Å²) in [4.78, 5) is 4.58. The van der Waals surface area contributed by atoms with Crippen molar-refractivity contribution in [1.29, 1.82) is 0 Å². The van der Waals surface area contributed by atoms with Crippen LogP contribution in [0.5, 0.6) is 0 Å². The van der Waals surface area contributed by atoms with Gasteiger partial charge in [0, 0.05) is 11.6 Å². The van der Waals surface area contributed by atoms with Gasteiger partial charge in [0.25, 0.3) is 0 Å². The summed E-state index contributed by atoms with van der Waals surface area (Å²) in [7, 11) is 0. The molecule has 5 nitrogen and oxygen atoms in total. The summed E-state index contributed by atoms with van der Waals surface area (Å²) in [6.45, 7) is 2.55. The topological polar surface area (TPSA) is 69.9 Å². The molecule has 2 heterocycles. The van der Waals surface area contributed by atoms with Gasteiger partial charge in [-0.15, -0.1) is 0 Å². The van der Waals surface area contributed by atoms with Crippen molar-refractivity contribution in [1.82, 2.24) is 14.8 Å². The molecule has 0 aliphatic heterocycles. The number of oxazole rings is 1. The van der Waals surface area contributed by atoms with Gasteiger partial charge in [0.05, 0.1) is 12.2 Å². The van der Waals surface area contributed by atoms with Crippen LogP contribution in [0.25, 0.3) is 22.7 Å². The maximum atomic E-state index is 5.91. The highest BCUT2D eigenvalue weighted by Gasteiger charge is 2.12. The lowest BCUT2D eigenvalue weighted by Gasteiger charge is -2.05. The number of benzene rings is 2. The maximum absolute atomic E-state index is 5.91. The molecule has 2 aromatic carbocycles. The summed E-state index contributed by atoms with van der Waals surface area (Å²) in [5.74, 6) is 1.09. The standard InChI is InChI=1S/C20H18N4O/c1-14-7-9-16(10-8-14)20-22-17(13-25-20)12-24-18(11-19(21)23-24)15-5-3-2-4-6-15/h2-11,13H,12H2,1H3,(H2,21,23).